The standard InChI is InChI=1S/C22H28N8O2/c1-14-12-31-9-7-29(14)21-17-3-4-18(16-5-6-24-19(11-16)28-23)25-20(17)26-22(27-21)30-8-10-32-13-15(30)2/h3-6,11,14-15H,7-10,12-13,23H2,1-2H3,(H,24,28). The predicted octanol–water partition coefficient (Wildman–Crippen LogP) is 1.82. The summed E-state index contributed by atoms with van der Waals surface area (Å²) in [5.41, 5.74) is 4.97. The maximum atomic E-state index is 5.66. The van der Waals surface area contributed by atoms with Crippen LogP contribution >= 0.6 is 0 Å². The van der Waals surface area contributed by atoms with Crippen molar-refractivity contribution in [2.24, 2.45) is 5.84 Å². The number of nitrogens with one attached hydrogen (secondary N) is 1. The third kappa shape index (κ3) is 3.92. The summed E-state index contributed by atoms with van der Waals surface area (Å²) in [6.45, 7) is 8.49. The highest BCUT2D eigenvalue weighted by Gasteiger charge is 2.27. The lowest BCUT2D eigenvalue weighted by Gasteiger charge is -2.37. The Morgan fingerprint density at radius 3 is 2.44 bits per heavy atom. The van der Waals surface area contributed by atoms with Crippen LogP contribution in [0.5, 0.6) is 0 Å². The molecule has 10 heteroatoms. The number of hydrazine groups is 1. The largest absolute Gasteiger partial charge is 0.377 e. The van der Waals surface area contributed by atoms with Crippen molar-refractivity contribution >= 4 is 28.6 Å². The van der Waals surface area contributed by atoms with E-state index in [1.165, 1.54) is 0 Å². The minimum absolute atomic E-state index is 0.192. The van der Waals surface area contributed by atoms with Crippen molar-refractivity contribution < 1.29 is 9.47 Å². The number of ether oxygens (including phenoxy) is 2. The molecule has 3 aromatic heterocycles. The van der Waals surface area contributed by atoms with Crippen LogP contribution in [0.1, 0.15) is 13.8 Å². The first-order valence-corrected chi connectivity index (χ1v) is 10.9. The second-order valence-electron chi connectivity index (χ2n) is 8.22. The zero-order valence-electron chi connectivity index (χ0n) is 18.4. The molecule has 5 heterocycles. The number of hydrogen-bond acceptors (Lipinski definition) is 10. The first-order chi connectivity index (χ1) is 15.6. The van der Waals surface area contributed by atoms with Gasteiger partial charge in [0.05, 0.1) is 49.6 Å². The number of nitrogens with two attached hydrogens (primary N) is 1. The van der Waals surface area contributed by atoms with Crippen LogP contribution in [0.2, 0.25) is 0 Å². The molecular weight excluding hydrogens is 408 g/mol. The molecule has 2 unspecified atom stereocenters. The smallest absolute Gasteiger partial charge is 0.229 e. The highest BCUT2D eigenvalue weighted by molar-refractivity contribution is 5.90. The second kappa shape index (κ2) is 8.81. The Morgan fingerprint density at radius 2 is 1.72 bits per heavy atom. The average Bonchev–Trinajstić information content (AvgIpc) is 2.83. The van der Waals surface area contributed by atoms with Crippen LogP contribution < -0.4 is 21.1 Å². The Bertz CT molecular complexity index is 1110. The van der Waals surface area contributed by atoms with E-state index in [2.05, 4.69) is 40.1 Å². The zero-order chi connectivity index (χ0) is 22.1. The van der Waals surface area contributed by atoms with Crippen molar-refractivity contribution in [1.82, 2.24) is 19.9 Å². The number of fused-ring (bicyclic) bond motifs is 1. The number of pyridine rings is 2. The van der Waals surface area contributed by atoms with E-state index in [-0.39, 0.29) is 12.1 Å². The first-order valence-electron chi connectivity index (χ1n) is 10.9. The van der Waals surface area contributed by atoms with Gasteiger partial charge < -0.3 is 24.7 Å². The molecule has 2 aliphatic heterocycles. The number of nitrogens with zero attached hydrogens (tertiary/aromatic N) is 6. The SMILES string of the molecule is CC1COCCN1c1nc(N2CCOCC2C)c2ccc(-c3ccnc(NN)c3)nc2n1. The zero-order valence-corrected chi connectivity index (χ0v) is 18.4. The number of aromatic nitrogens is 4. The fourth-order valence-electron chi connectivity index (χ4n) is 4.23. The fourth-order valence-corrected chi connectivity index (χ4v) is 4.23. The lowest BCUT2D eigenvalue weighted by atomic mass is 10.1. The van der Waals surface area contributed by atoms with Crippen LogP contribution in [0.15, 0.2) is 30.5 Å². The third-order valence-corrected chi connectivity index (χ3v) is 6.00. The minimum atomic E-state index is 0.192. The van der Waals surface area contributed by atoms with Crippen molar-refractivity contribution in [1.29, 1.82) is 0 Å². The van der Waals surface area contributed by atoms with Crippen molar-refractivity contribution in [3.05, 3.63) is 30.5 Å². The molecule has 3 N–H and O–H groups in total. The summed E-state index contributed by atoms with van der Waals surface area (Å²) in [5.74, 6) is 7.70. The molecule has 2 aliphatic rings. The normalized spacial score (nSPS) is 21.7. The molecule has 0 saturated carbocycles. The van der Waals surface area contributed by atoms with Gasteiger partial charge in [0.25, 0.3) is 0 Å². The van der Waals surface area contributed by atoms with Crippen LogP contribution in [0.3, 0.4) is 0 Å². The molecule has 2 atom stereocenters. The molecule has 0 spiro atoms. The third-order valence-electron chi connectivity index (χ3n) is 6.00. The predicted molar refractivity (Wildman–Crippen MR) is 124 cm³/mol. The van der Waals surface area contributed by atoms with Crippen molar-refractivity contribution in [2.75, 3.05) is 54.7 Å². The second-order valence-corrected chi connectivity index (χ2v) is 8.22. The van der Waals surface area contributed by atoms with E-state index in [4.69, 9.17) is 30.3 Å². The highest BCUT2D eigenvalue weighted by Crippen LogP contribution is 2.31. The Labute approximate surface area is 186 Å². The van der Waals surface area contributed by atoms with Gasteiger partial charge in [-0.05, 0) is 38.1 Å². The number of rotatable bonds is 4. The Kier molecular flexibility index (Phi) is 5.73. The minimum Gasteiger partial charge on any atom is -0.377 e. The van der Waals surface area contributed by atoms with Crippen LogP contribution in [0, 0.1) is 0 Å². The maximum Gasteiger partial charge on any atom is 0.229 e. The van der Waals surface area contributed by atoms with E-state index >= 15 is 0 Å². The van der Waals surface area contributed by atoms with E-state index in [1.54, 1.807) is 6.20 Å². The van der Waals surface area contributed by atoms with Gasteiger partial charge in [-0.2, -0.15) is 9.97 Å². The van der Waals surface area contributed by atoms with E-state index in [1.807, 2.05) is 18.2 Å². The van der Waals surface area contributed by atoms with Gasteiger partial charge in [-0.1, -0.05) is 0 Å². The highest BCUT2D eigenvalue weighted by atomic mass is 16.5. The van der Waals surface area contributed by atoms with Gasteiger partial charge in [-0.25, -0.2) is 15.8 Å². The molecule has 3 aromatic rings. The summed E-state index contributed by atoms with van der Waals surface area (Å²) in [7, 11) is 0. The molecule has 0 radical (unpaired) electrons. The van der Waals surface area contributed by atoms with Gasteiger partial charge in [-0.3, -0.25) is 0 Å². The van der Waals surface area contributed by atoms with Crippen molar-refractivity contribution in [2.45, 2.75) is 25.9 Å². The van der Waals surface area contributed by atoms with Crippen LogP contribution in [0.4, 0.5) is 17.6 Å². The fraction of sp³-hybridized carbons (Fsp3) is 0.455. The summed E-state index contributed by atoms with van der Waals surface area (Å²) in [6.07, 6.45) is 1.71. The summed E-state index contributed by atoms with van der Waals surface area (Å²) in [4.78, 5) is 23.5. The summed E-state index contributed by atoms with van der Waals surface area (Å²) in [5, 5.41) is 0.929. The molecule has 0 aliphatic carbocycles. The van der Waals surface area contributed by atoms with Crippen LogP contribution in [-0.4, -0.2) is 71.5 Å². The summed E-state index contributed by atoms with van der Waals surface area (Å²) in [6, 6.07) is 8.23. The molecule has 32 heavy (non-hydrogen) atoms. The van der Waals surface area contributed by atoms with Crippen LogP contribution in [-0.2, 0) is 9.47 Å². The van der Waals surface area contributed by atoms with Gasteiger partial charge in [-0.15, -0.1) is 0 Å². The lowest BCUT2D eigenvalue weighted by molar-refractivity contribution is 0.0973. The molecule has 0 aromatic carbocycles. The molecule has 0 amide bonds. The summed E-state index contributed by atoms with van der Waals surface area (Å²) >= 11 is 0. The van der Waals surface area contributed by atoms with Gasteiger partial charge >= 0.3 is 0 Å². The Morgan fingerprint density at radius 1 is 0.969 bits per heavy atom. The molecule has 10 nitrogen and oxygen atoms in total. The number of hydrogen-bond donors (Lipinski definition) is 2. The molecule has 2 saturated heterocycles. The molecule has 0 bridgehead atoms. The van der Waals surface area contributed by atoms with E-state index in [0.29, 0.717) is 43.8 Å². The lowest BCUT2D eigenvalue weighted by Crippen LogP contribution is -2.46. The van der Waals surface area contributed by atoms with Gasteiger partial charge in [0.15, 0.2) is 5.65 Å². The number of nitrogen functional groups attached to an aromatic ring is 1. The Hall–Kier alpha value is -3.08. The Balaban J connectivity index is 1.65. The van der Waals surface area contributed by atoms with Crippen molar-refractivity contribution in [3.8, 4) is 11.3 Å². The molecule has 168 valence electrons. The van der Waals surface area contributed by atoms with Gasteiger partial charge in [0.1, 0.15) is 11.6 Å². The number of anilines is 3. The van der Waals surface area contributed by atoms with E-state index in [9.17, 15) is 0 Å². The van der Waals surface area contributed by atoms with E-state index in [0.717, 1.165) is 35.6 Å². The number of morpholine rings is 2. The van der Waals surface area contributed by atoms with E-state index < -0.39 is 0 Å². The molecule has 5 rings (SSSR count). The van der Waals surface area contributed by atoms with Crippen molar-refractivity contribution in [3.63, 3.8) is 0 Å². The van der Waals surface area contributed by atoms with Gasteiger partial charge in [0.2, 0.25) is 5.95 Å². The van der Waals surface area contributed by atoms with Crippen LogP contribution in [0.25, 0.3) is 22.3 Å². The maximum absolute atomic E-state index is 5.66. The quantitative estimate of drug-likeness (QED) is 0.464. The van der Waals surface area contributed by atoms with Gasteiger partial charge in [0, 0.05) is 24.8 Å². The monoisotopic (exact) mass is 436 g/mol. The topological polar surface area (TPSA) is 115 Å². The molecular formula is C22H28N8O2. The summed E-state index contributed by atoms with van der Waals surface area (Å²) < 4.78 is 11.3. The molecule has 2 fully saturated rings. The average molecular weight is 437 g/mol. The first kappa shape index (κ1) is 20.8.